The normalized spacial score (nSPS) is 12.4. The molecule has 4 nitrogen and oxygen atoms in total. The number of aromatic nitrogens is 3. The largest absolute Gasteiger partial charge is 0.381 e. The molecule has 1 aromatic carbocycles. The van der Waals surface area contributed by atoms with E-state index >= 15 is 0 Å². The molecule has 102 valence electrons. The molecule has 0 amide bonds. The predicted molar refractivity (Wildman–Crippen MR) is 79.0 cm³/mol. The van der Waals surface area contributed by atoms with E-state index in [0.717, 1.165) is 30.6 Å². The van der Waals surface area contributed by atoms with Crippen LogP contribution in [0.15, 0.2) is 30.9 Å². The lowest BCUT2D eigenvalue weighted by atomic mass is 10.1. The molecule has 0 saturated heterocycles. The van der Waals surface area contributed by atoms with Crippen molar-refractivity contribution in [1.29, 1.82) is 0 Å². The van der Waals surface area contributed by atoms with Gasteiger partial charge in [-0.25, -0.2) is 9.67 Å². The summed E-state index contributed by atoms with van der Waals surface area (Å²) in [4.78, 5) is 3.98. The van der Waals surface area contributed by atoms with Crippen molar-refractivity contribution in [3.8, 4) is 5.69 Å². The summed E-state index contributed by atoms with van der Waals surface area (Å²) in [6, 6.07) is 6.29. The highest BCUT2D eigenvalue weighted by molar-refractivity contribution is 6.33. The maximum absolute atomic E-state index is 6.30. The van der Waals surface area contributed by atoms with Gasteiger partial charge < -0.3 is 5.32 Å². The fourth-order valence-electron chi connectivity index (χ4n) is 2.14. The number of hydrogen-bond donors (Lipinski definition) is 1. The number of rotatable bonds is 6. The zero-order chi connectivity index (χ0) is 13.7. The van der Waals surface area contributed by atoms with Crippen LogP contribution in [0.5, 0.6) is 0 Å². The molecule has 0 spiro atoms. The van der Waals surface area contributed by atoms with Crippen LogP contribution in [0.3, 0.4) is 0 Å². The van der Waals surface area contributed by atoms with E-state index in [-0.39, 0.29) is 0 Å². The molecule has 0 aliphatic heterocycles. The van der Waals surface area contributed by atoms with Gasteiger partial charge in [0.25, 0.3) is 0 Å². The van der Waals surface area contributed by atoms with Crippen LogP contribution >= 0.6 is 11.6 Å². The van der Waals surface area contributed by atoms with Crippen molar-refractivity contribution >= 4 is 17.3 Å². The number of hydrogen-bond acceptors (Lipinski definition) is 3. The van der Waals surface area contributed by atoms with Crippen LogP contribution < -0.4 is 5.32 Å². The first-order valence-electron chi connectivity index (χ1n) is 6.66. The molecule has 1 heterocycles. The van der Waals surface area contributed by atoms with Crippen LogP contribution in [0.2, 0.25) is 5.02 Å². The third-order valence-electron chi connectivity index (χ3n) is 3.12. The molecule has 1 unspecified atom stereocenters. The van der Waals surface area contributed by atoms with Gasteiger partial charge in [-0.2, -0.15) is 5.10 Å². The highest BCUT2D eigenvalue weighted by Crippen LogP contribution is 2.28. The first-order chi connectivity index (χ1) is 9.26. The molecule has 2 aromatic rings. The van der Waals surface area contributed by atoms with Gasteiger partial charge in [0.15, 0.2) is 0 Å². The van der Waals surface area contributed by atoms with Crippen LogP contribution in [-0.2, 0) is 0 Å². The Labute approximate surface area is 118 Å². The average molecular weight is 279 g/mol. The van der Waals surface area contributed by atoms with E-state index in [1.54, 1.807) is 11.0 Å². The Bertz CT molecular complexity index is 510. The molecule has 0 radical (unpaired) electrons. The Hall–Kier alpha value is -1.55. The average Bonchev–Trinajstić information content (AvgIpc) is 2.92. The van der Waals surface area contributed by atoms with Crippen molar-refractivity contribution in [2.75, 3.05) is 5.32 Å². The maximum atomic E-state index is 6.30. The van der Waals surface area contributed by atoms with Crippen molar-refractivity contribution in [3.63, 3.8) is 0 Å². The summed E-state index contributed by atoms with van der Waals surface area (Å²) in [5, 5.41) is 8.39. The highest BCUT2D eigenvalue weighted by atomic mass is 35.5. The van der Waals surface area contributed by atoms with Gasteiger partial charge in [-0.15, -0.1) is 0 Å². The van der Waals surface area contributed by atoms with Crippen LogP contribution in [0.25, 0.3) is 5.69 Å². The molecule has 1 aromatic heterocycles. The van der Waals surface area contributed by atoms with Gasteiger partial charge in [-0.1, -0.05) is 37.9 Å². The summed E-state index contributed by atoms with van der Waals surface area (Å²) in [5.41, 5.74) is 1.86. The molecule has 1 atom stereocenters. The van der Waals surface area contributed by atoms with E-state index in [1.165, 1.54) is 6.33 Å². The molecule has 2 rings (SSSR count). The SMILES string of the molecule is CCCC(CC)Nc1cccc(Cl)c1-n1cncn1. The topological polar surface area (TPSA) is 42.7 Å². The van der Waals surface area contributed by atoms with Gasteiger partial charge in [0.1, 0.15) is 18.3 Å². The monoisotopic (exact) mass is 278 g/mol. The Balaban J connectivity index is 2.32. The Morgan fingerprint density at radius 1 is 1.37 bits per heavy atom. The number of benzene rings is 1. The summed E-state index contributed by atoms with van der Waals surface area (Å²) >= 11 is 6.30. The van der Waals surface area contributed by atoms with Gasteiger partial charge in [-0.3, -0.25) is 0 Å². The Kier molecular flexibility index (Phi) is 4.80. The number of nitrogens with one attached hydrogen (secondary N) is 1. The Morgan fingerprint density at radius 3 is 2.84 bits per heavy atom. The first kappa shape index (κ1) is 13.9. The quantitative estimate of drug-likeness (QED) is 0.871. The lowest BCUT2D eigenvalue weighted by molar-refractivity contribution is 0.622. The molecule has 1 N–H and O–H groups in total. The molecule has 5 heteroatoms. The van der Waals surface area contributed by atoms with Gasteiger partial charge >= 0.3 is 0 Å². The molecule has 19 heavy (non-hydrogen) atoms. The van der Waals surface area contributed by atoms with Crippen molar-refractivity contribution in [1.82, 2.24) is 14.8 Å². The van der Waals surface area contributed by atoms with Gasteiger partial charge in [0.05, 0.1) is 10.7 Å². The second-order valence-electron chi connectivity index (χ2n) is 4.51. The van der Waals surface area contributed by atoms with Crippen molar-refractivity contribution in [3.05, 3.63) is 35.9 Å². The van der Waals surface area contributed by atoms with E-state index < -0.39 is 0 Å². The minimum Gasteiger partial charge on any atom is -0.381 e. The van der Waals surface area contributed by atoms with E-state index in [4.69, 9.17) is 11.6 Å². The van der Waals surface area contributed by atoms with Crippen LogP contribution in [0.1, 0.15) is 33.1 Å². The van der Waals surface area contributed by atoms with Crippen molar-refractivity contribution < 1.29 is 0 Å². The summed E-state index contributed by atoms with van der Waals surface area (Å²) in [7, 11) is 0. The van der Waals surface area contributed by atoms with Gasteiger partial charge in [0, 0.05) is 6.04 Å². The molecule has 0 aliphatic carbocycles. The summed E-state index contributed by atoms with van der Waals surface area (Å²) < 4.78 is 1.70. The van der Waals surface area contributed by atoms with E-state index in [0.29, 0.717) is 11.1 Å². The molecule has 0 aliphatic rings. The lowest BCUT2D eigenvalue weighted by Crippen LogP contribution is -2.19. The third kappa shape index (κ3) is 3.26. The highest BCUT2D eigenvalue weighted by Gasteiger charge is 2.13. The minimum absolute atomic E-state index is 0.450. The van der Waals surface area contributed by atoms with Crippen LogP contribution in [0, 0.1) is 0 Å². The third-order valence-corrected chi connectivity index (χ3v) is 3.43. The zero-order valence-corrected chi connectivity index (χ0v) is 12.1. The lowest BCUT2D eigenvalue weighted by Gasteiger charge is -2.20. The summed E-state index contributed by atoms with van der Waals surface area (Å²) in [5.74, 6) is 0. The summed E-state index contributed by atoms with van der Waals surface area (Å²) in [6.07, 6.45) is 6.55. The van der Waals surface area contributed by atoms with Gasteiger partial charge in [0.2, 0.25) is 0 Å². The van der Waals surface area contributed by atoms with E-state index in [1.807, 2.05) is 18.2 Å². The standard InChI is InChI=1S/C14H19ClN4/c1-3-6-11(4-2)18-13-8-5-7-12(15)14(13)19-10-16-9-17-19/h5,7-11,18H,3-4,6H2,1-2H3. The smallest absolute Gasteiger partial charge is 0.138 e. The molecule has 0 saturated carbocycles. The summed E-state index contributed by atoms with van der Waals surface area (Å²) in [6.45, 7) is 4.38. The second kappa shape index (κ2) is 6.57. The van der Waals surface area contributed by atoms with Gasteiger partial charge in [-0.05, 0) is 25.0 Å². The number of anilines is 1. The fraction of sp³-hybridized carbons (Fsp3) is 0.429. The maximum Gasteiger partial charge on any atom is 0.138 e. The molecular weight excluding hydrogens is 260 g/mol. The zero-order valence-electron chi connectivity index (χ0n) is 11.3. The number of nitrogens with zero attached hydrogens (tertiary/aromatic N) is 3. The predicted octanol–water partition coefficient (Wildman–Crippen LogP) is 3.91. The number of halogens is 1. The molecule has 0 bridgehead atoms. The van der Waals surface area contributed by atoms with Crippen molar-refractivity contribution in [2.24, 2.45) is 0 Å². The van der Waals surface area contributed by atoms with Crippen molar-refractivity contribution in [2.45, 2.75) is 39.2 Å². The molecular formula is C14H19ClN4. The Morgan fingerprint density at radius 2 is 2.21 bits per heavy atom. The minimum atomic E-state index is 0.450. The first-order valence-corrected chi connectivity index (χ1v) is 7.04. The van der Waals surface area contributed by atoms with E-state index in [9.17, 15) is 0 Å². The van der Waals surface area contributed by atoms with Crippen LogP contribution in [-0.4, -0.2) is 20.8 Å². The fourth-order valence-corrected chi connectivity index (χ4v) is 2.40. The van der Waals surface area contributed by atoms with Crippen LogP contribution in [0.4, 0.5) is 5.69 Å². The second-order valence-corrected chi connectivity index (χ2v) is 4.92. The molecule has 0 fully saturated rings. The number of para-hydroxylation sites is 1. The van der Waals surface area contributed by atoms with E-state index in [2.05, 4.69) is 29.2 Å².